The number of para-hydroxylation sites is 1. The Morgan fingerprint density at radius 2 is 1.79 bits per heavy atom. The molecule has 0 spiro atoms. The highest BCUT2D eigenvalue weighted by molar-refractivity contribution is 6.06. The van der Waals surface area contributed by atoms with E-state index in [4.69, 9.17) is 5.73 Å². The number of nitrogens with zero attached hydrogens (tertiary/aromatic N) is 6. The maximum absolute atomic E-state index is 14.9. The zero-order valence-electron chi connectivity index (χ0n) is 22.1. The number of carbonyl (C=O) groups excluding carboxylic acids is 1. The molecule has 1 amide bonds. The van der Waals surface area contributed by atoms with Crippen LogP contribution in [-0.2, 0) is 0 Å². The van der Waals surface area contributed by atoms with Gasteiger partial charge in [-0.05, 0) is 57.2 Å². The monoisotopic (exact) mass is 528 g/mol. The molecule has 9 nitrogen and oxygen atoms in total. The summed E-state index contributed by atoms with van der Waals surface area (Å²) >= 11 is 0. The van der Waals surface area contributed by atoms with Gasteiger partial charge in [-0.25, -0.2) is 9.37 Å². The Hall–Kier alpha value is -4.02. The molecule has 6 rings (SSSR count). The fraction of sp³-hybridized carbons (Fsp3) is 0.345. The van der Waals surface area contributed by atoms with E-state index in [2.05, 4.69) is 49.2 Å². The van der Waals surface area contributed by atoms with Gasteiger partial charge in [0.1, 0.15) is 0 Å². The number of rotatable bonds is 6. The van der Waals surface area contributed by atoms with Gasteiger partial charge in [0.25, 0.3) is 5.91 Å². The van der Waals surface area contributed by atoms with Crippen molar-refractivity contribution in [2.45, 2.75) is 18.9 Å². The van der Waals surface area contributed by atoms with E-state index in [-0.39, 0.29) is 11.8 Å². The number of piperazine rings is 1. The van der Waals surface area contributed by atoms with Crippen LogP contribution in [0.15, 0.2) is 60.9 Å². The Labute approximate surface area is 227 Å². The first kappa shape index (κ1) is 25.3. The van der Waals surface area contributed by atoms with E-state index in [1.165, 1.54) is 36.7 Å². The van der Waals surface area contributed by atoms with Crippen LogP contribution in [-0.4, -0.2) is 82.6 Å². The topological polar surface area (TPSA) is 95.5 Å². The van der Waals surface area contributed by atoms with Crippen LogP contribution in [0.4, 0.5) is 21.7 Å². The average molecular weight is 529 g/mol. The number of hydrogen-bond acceptors (Lipinski definition) is 7. The van der Waals surface area contributed by atoms with Gasteiger partial charge in [-0.3, -0.25) is 14.3 Å². The molecule has 4 aromatic rings. The van der Waals surface area contributed by atoms with E-state index in [1.54, 1.807) is 12.1 Å². The molecular weight excluding hydrogens is 495 g/mol. The van der Waals surface area contributed by atoms with E-state index in [0.29, 0.717) is 22.5 Å². The summed E-state index contributed by atoms with van der Waals surface area (Å²) in [6.45, 7) is 6.45. The molecule has 0 aliphatic carbocycles. The van der Waals surface area contributed by atoms with Crippen LogP contribution in [0.2, 0.25) is 0 Å². The number of benzene rings is 2. The van der Waals surface area contributed by atoms with Crippen LogP contribution in [0.25, 0.3) is 16.7 Å². The number of piperidine rings is 1. The molecular formula is C29H33FN8O. The quantitative estimate of drug-likeness (QED) is 0.395. The summed E-state index contributed by atoms with van der Waals surface area (Å²) < 4.78 is 16.5. The molecule has 3 N–H and O–H groups in total. The Bertz CT molecular complexity index is 1490. The van der Waals surface area contributed by atoms with Gasteiger partial charge in [0.05, 0.1) is 17.3 Å². The molecule has 0 radical (unpaired) electrons. The van der Waals surface area contributed by atoms with Crippen LogP contribution in [0, 0.1) is 5.82 Å². The Balaban J connectivity index is 1.19. The van der Waals surface area contributed by atoms with Crippen molar-refractivity contribution in [3.63, 3.8) is 0 Å². The lowest BCUT2D eigenvalue weighted by Crippen LogP contribution is -2.53. The first-order valence-electron chi connectivity index (χ1n) is 13.4. The van der Waals surface area contributed by atoms with Gasteiger partial charge in [0, 0.05) is 55.2 Å². The van der Waals surface area contributed by atoms with Crippen molar-refractivity contribution in [2.75, 3.05) is 56.5 Å². The lowest BCUT2D eigenvalue weighted by Gasteiger charge is -2.42. The molecule has 0 saturated carbocycles. The van der Waals surface area contributed by atoms with Crippen LogP contribution < -0.4 is 16.0 Å². The molecule has 2 aliphatic heterocycles. The van der Waals surface area contributed by atoms with Gasteiger partial charge in [-0.2, -0.15) is 4.98 Å². The number of primary amides is 1. The number of anilines is 3. The predicted octanol–water partition coefficient (Wildman–Crippen LogP) is 3.62. The number of fused-ring (bicyclic) bond motifs is 1. The smallest absolute Gasteiger partial charge is 0.250 e. The maximum atomic E-state index is 14.9. The average Bonchev–Trinajstić information content (AvgIpc) is 3.35. The zero-order chi connectivity index (χ0) is 26.9. The van der Waals surface area contributed by atoms with Crippen LogP contribution in [0.5, 0.6) is 0 Å². The third-order valence-corrected chi connectivity index (χ3v) is 7.92. The summed E-state index contributed by atoms with van der Waals surface area (Å²) in [7, 11) is 2.20. The summed E-state index contributed by atoms with van der Waals surface area (Å²) in [4.78, 5) is 28.1. The molecule has 39 heavy (non-hydrogen) atoms. The van der Waals surface area contributed by atoms with Crippen LogP contribution in [0.3, 0.4) is 0 Å². The van der Waals surface area contributed by atoms with E-state index < -0.39 is 11.7 Å². The summed E-state index contributed by atoms with van der Waals surface area (Å²) in [6.07, 6.45) is 5.15. The van der Waals surface area contributed by atoms with Gasteiger partial charge < -0.3 is 20.9 Å². The van der Waals surface area contributed by atoms with Crippen molar-refractivity contribution >= 4 is 34.1 Å². The van der Waals surface area contributed by atoms with Gasteiger partial charge in [-0.1, -0.05) is 24.3 Å². The van der Waals surface area contributed by atoms with Gasteiger partial charge in [0.2, 0.25) is 5.95 Å². The second kappa shape index (κ2) is 10.6. The summed E-state index contributed by atoms with van der Waals surface area (Å²) in [5.74, 6) is -0.887. The summed E-state index contributed by atoms with van der Waals surface area (Å²) in [5.41, 5.74) is 8.46. The van der Waals surface area contributed by atoms with Gasteiger partial charge >= 0.3 is 0 Å². The molecule has 2 aromatic carbocycles. The lowest BCUT2D eigenvalue weighted by atomic mass is 10.0. The Morgan fingerprint density at radius 1 is 1.03 bits per heavy atom. The molecule has 0 atom stereocenters. The van der Waals surface area contributed by atoms with Crippen molar-refractivity contribution in [1.29, 1.82) is 0 Å². The van der Waals surface area contributed by atoms with Crippen molar-refractivity contribution < 1.29 is 9.18 Å². The summed E-state index contributed by atoms with van der Waals surface area (Å²) in [6, 6.07) is 16.0. The SMILES string of the molecule is CN1CCC(N2CCN(c3cccc(Nc4ncc(F)c(-n5cc(C(N)=O)c6ccccc65)n4)c3)CC2)CC1. The van der Waals surface area contributed by atoms with E-state index in [1.807, 2.05) is 24.3 Å². The van der Waals surface area contributed by atoms with Crippen LogP contribution >= 0.6 is 0 Å². The number of aromatic nitrogens is 3. The highest BCUT2D eigenvalue weighted by Crippen LogP contribution is 2.27. The lowest BCUT2D eigenvalue weighted by molar-refractivity contribution is 0.100. The van der Waals surface area contributed by atoms with Crippen molar-refractivity contribution in [3.8, 4) is 5.82 Å². The van der Waals surface area contributed by atoms with Gasteiger partial charge in [0.15, 0.2) is 11.6 Å². The molecule has 0 bridgehead atoms. The maximum Gasteiger partial charge on any atom is 0.250 e. The molecule has 2 aliphatic rings. The Kier molecular flexibility index (Phi) is 6.88. The fourth-order valence-corrected chi connectivity index (χ4v) is 5.75. The number of halogens is 1. The largest absolute Gasteiger partial charge is 0.369 e. The molecule has 0 unspecified atom stereocenters. The third kappa shape index (κ3) is 5.17. The number of amides is 1. The number of hydrogen-bond donors (Lipinski definition) is 2. The fourth-order valence-electron chi connectivity index (χ4n) is 5.75. The number of nitrogens with two attached hydrogens (primary N) is 1. The second-order valence-corrected chi connectivity index (χ2v) is 10.4. The standard InChI is InChI=1S/C29H33FN8O/c1-35-11-9-21(10-12-35)36-13-15-37(16-14-36)22-6-4-5-20(17-22)33-29-32-18-25(30)28(34-29)38-19-24(27(31)39)23-7-2-3-8-26(23)38/h2-8,17-19,21H,9-16H2,1H3,(H2,31,39)(H,32,33,34). The minimum atomic E-state index is -0.603. The predicted molar refractivity (Wildman–Crippen MR) is 151 cm³/mol. The zero-order valence-corrected chi connectivity index (χ0v) is 22.1. The first-order chi connectivity index (χ1) is 19.0. The highest BCUT2D eigenvalue weighted by Gasteiger charge is 2.26. The van der Waals surface area contributed by atoms with Crippen molar-refractivity contribution in [1.82, 2.24) is 24.3 Å². The normalized spacial score (nSPS) is 17.5. The minimum Gasteiger partial charge on any atom is -0.369 e. The van der Waals surface area contributed by atoms with E-state index >= 15 is 0 Å². The molecule has 2 fully saturated rings. The van der Waals surface area contributed by atoms with Gasteiger partial charge in [-0.15, -0.1) is 0 Å². The molecule has 4 heterocycles. The van der Waals surface area contributed by atoms with E-state index in [9.17, 15) is 9.18 Å². The molecule has 2 aromatic heterocycles. The molecule has 2 saturated heterocycles. The molecule has 202 valence electrons. The highest BCUT2D eigenvalue weighted by atomic mass is 19.1. The van der Waals surface area contributed by atoms with Crippen molar-refractivity contribution in [3.05, 3.63) is 72.3 Å². The van der Waals surface area contributed by atoms with Crippen molar-refractivity contribution in [2.24, 2.45) is 5.73 Å². The second-order valence-electron chi connectivity index (χ2n) is 10.4. The van der Waals surface area contributed by atoms with E-state index in [0.717, 1.165) is 43.8 Å². The number of likely N-dealkylation sites (tertiary alicyclic amines) is 1. The first-order valence-corrected chi connectivity index (χ1v) is 13.4. The number of carbonyl (C=O) groups is 1. The Morgan fingerprint density at radius 3 is 2.56 bits per heavy atom. The minimum absolute atomic E-state index is 0.0392. The van der Waals surface area contributed by atoms with Crippen LogP contribution in [0.1, 0.15) is 23.2 Å². The molecule has 10 heteroatoms. The summed E-state index contributed by atoms with van der Waals surface area (Å²) in [5, 5.41) is 3.87. The number of nitrogens with one attached hydrogen (secondary N) is 1. The third-order valence-electron chi connectivity index (χ3n) is 7.92.